The fourth-order valence-corrected chi connectivity index (χ4v) is 3.89. The van der Waals surface area contributed by atoms with E-state index in [-0.39, 0.29) is 22.5 Å². The number of nitrogen functional groups attached to an aromatic ring is 1. The first-order chi connectivity index (χ1) is 13.3. The topological polar surface area (TPSA) is 144 Å². The Morgan fingerprint density at radius 1 is 1.36 bits per heavy atom. The standard InChI is InChI=1S/C16H16F2N6O3S/c1-2-5-28(26,27)24-10-4-3-9(17)12(13(10)18)14(25)8-6-20-15-11(8)16(23-19)22-7-21-15/h3-4,6-7,24H,2,5,19H2,1H3,(H2,20,21,22,23)/p+1. The van der Waals surface area contributed by atoms with Crippen LogP contribution in [0.3, 0.4) is 0 Å². The minimum atomic E-state index is -3.83. The summed E-state index contributed by atoms with van der Waals surface area (Å²) in [6.45, 7) is 1.64. The second kappa shape index (κ2) is 7.48. The van der Waals surface area contributed by atoms with Gasteiger partial charge in [-0.3, -0.25) is 19.9 Å². The van der Waals surface area contributed by atoms with Crippen LogP contribution >= 0.6 is 0 Å². The Morgan fingerprint density at radius 3 is 2.79 bits per heavy atom. The van der Waals surface area contributed by atoms with Gasteiger partial charge in [0.25, 0.3) is 0 Å². The largest absolute Gasteiger partial charge is 0.294 e. The number of nitrogens with zero attached hydrogens (tertiary/aromatic N) is 1. The van der Waals surface area contributed by atoms with E-state index in [1.165, 1.54) is 12.5 Å². The lowest BCUT2D eigenvalue weighted by Crippen LogP contribution is -2.19. The van der Waals surface area contributed by atoms with Gasteiger partial charge >= 0.3 is 0 Å². The second-order valence-corrected chi connectivity index (χ2v) is 7.72. The molecule has 0 radical (unpaired) electrons. The SMILES string of the molecule is CCCS(=O)(=O)Nc1ccc(F)c(C(=O)c2c[nH]c3[nH+]cnc(NN)c23)c1F. The number of sulfonamides is 1. The fraction of sp³-hybridized carbons (Fsp3) is 0.188. The highest BCUT2D eigenvalue weighted by molar-refractivity contribution is 7.92. The van der Waals surface area contributed by atoms with Gasteiger partial charge in [0.1, 0.15) is 11.2 Å². The molecule has 2 aromatic heterocycles. The number of benzene rings is 1. The predicted octanol–water partition coefficient (Wildman–Crippen LogP) is 1.32. The van der Waals surface area contributed by atoms with Crippen molar-refractivity contribution >= 4 is 38.3 Å². The monoisotopic (exact) mass is 411 g/mol. The van der Waals surface area contributed by atoms with Crippen molar-refractivity contribution in [1.82, 2.24) is 9.97 Å². The highest BCUT2D eigenvalue weighted by atomic mass is 32.2. The van der Waals surface area contributed by atoms with Crippen LogP contribution in [0, 0.1) is 11.6 Å². The molecule has 0 spiro atoms. The molecule has 6 N–H and O–H groups in total. The van der Waals surface area contributed by atoms with Crippen molar-refractivity contribution in [3.8, 4) is 0 Å². The first-order valence-electron chi connectivity index (χ1n) is 8.16. The number of carbonyl (C=O) groups is 1. The van der Waals surface area contributed by atoms with Crippen LogP contribution in [0.4, 0.5) is 20.3 Å². The summed E-state index contributed by atoms with van der Waals surface area (Å²) in [6.07, 6.45) is 2.86. The van der Waals surface area contributed by atoms with Gasteiger partial charge in [0.05, 0.1) is 28.8 Å². The quantitative estimate of drug-likeness (QED) is 0.262. The van der Waals surface area contributed by atoms with Crippen molar-refractivity contribution in [1.29, 1.82) is 0 Å². The molecule has 1 aromatic carbocycles. The summed E-state index contributed by atoms with van der Waals surface area (Å²) in [4.78, 5) is 22.3. The van der Waals surface area contributed by atoms with Crippen molar-refractivity contribution in [2.45, 2.75) is 13.3 Å². The van der Waals surface area contributed by atoms with Crippen LogP contribution in [0.5, 0.6) is 0 Å². The molecule has 0 atom stereocenters. The van der Waals surface area contributed by atoms with Gasteiger partial charge in [-0.15, -0.1) is 0 Å². The van der Waals surface area contributed by atoms with Crippen molar-refractivity contribution in [3.05, 3.63) is 47.4 Å². The van der Waals surface area contributed by atoms with E-state index < -0.39 is 38.7 Å². The summed E-state index contributed by atoms with van der Waals surface area (Å²) in [6, 6.07) is 1.74. The number of fused-ring (bicyclic) bond motifs is 1. The van der Waals surface area contributed by atoms with E-state index in [2.05, 4.69) is 20.4 Å². The second-order valence-electron chi connectivity index (χ2n) is 5.88. The molecular weight excluding hydrogens is 394 g/mol. The highest BCUT2D eigenvalue weighted by Gasteiger charge is 2.28. The molecule has 0 bridgehead atoms. The lowest BCUT2D eigenvalue weighted by molar-refractivity contribution is -0.352. The van der Waals surface area contributed by atoms with E-state index in [0.717, 1.165) is 12.1 Å². The average Bonchev–Trinajstić information content (AvgIpc) is 3.08. The molecule has 12 heteroatoms. The molecule has 28 heavy (non-hydrogen) atoms. The number of ketones is 1. The van der Waals surface area contributed by atoms with E-state index in [9.17, 15) is 22.0 Å². The van der Waals surface area contributed by atoms with Gasteiger partial charge in [0, 0.05) is 0 Å². The Hall–Kier alpha value is -3.12. The molecule has 0 aliphatic carbocycles. The molecule has 0 saturated carbocycles. The third kappa shape index (κ3) is 3.51. The van der Waals surface area contributed by atoms with E-state index in [1.807, 2.05) is 4.72 Å². The summed E-state index contributed by atoms with van der Waals surface area (Å²) >= 11 is 0. The maximum atomic E-state index is 14.9. The summed E-state index contributed by atoms with van der Waals surface area (Å²) < 4.78 is 55.0. The maximum Gasteiger partial charge on any atom is 0.236 e. The number of nitrogens with one attached hydrogen (secondary N) is 4. The highest BCUT2D eigenvalue weighted by Crippen LogP contribution is 2.28. The van der Waals surface area contributed by atoms with Gasteiger partial charge in [-0.2, -0.15) is 0 Å². The molecule has 3 aromatic rings. The van der Waals surface area contributed by atoms with Crippen LogP contribution in [0.1, 0.15) is 29.3 Å². The van der Waals surface area contributed by atoms with E-state index >= 15 is 0 Å². The molecule has 0 fully saturated rings. The lowest BCUT2D eigenvalue weighted by Gasteiger charge is -2.11. The summed E-state index contributed by atoms with van der Waals surface area (Å²) in [7, 11) is -3.83. The van der Waals surface area contributed by atoms with Crippen molar-refractivity contribution in [2.24, 2.45) is 5.84 Å². The Balaban J connectivity index is 2.12. The lowest BCUT2D eigenvalue weighted by atomic mass is 10.0. The number of nitrogens with two attached hydrogens (primary N) is 1. The third-order valence-electron chi connectivity index (χ3n) is 3.96. The predicted molar refractivity (Wildman–Crippen MR) is 98.0 cm³/mol. The minimum Gasteiger partial charge on any atom is -0.294 e. The van der Waals surface area contributed by atoms with Crippen LogP contribution in [-0.4, -0.2) is 29.9 Å². The summed E-state index contributed by atoms with van der Waals surface area (Å²) in [5.41, 5.74) is 1.15. The van der Waals surface area contributed by atoms with E-state index in [4.69, 9.17) is 5.84 Å². The van der Waals surface area contributed by atoms with E-state index in [0.29, 0.717) is 12.1 Å². The Morgan fingerprint density at radius 2 is 2.11 bits per heavy atom. The molecular formula is C16H17F2N6O3S+. The van der Waals surface area contributed by atoms with Gasteiger partial charge in [0.2, 0.25) is 33.6 Å². The number of rotatable bonds is 7. The molecule has 0 aliphatic rings. The van der Waals surface area contributed by atoms with Crippen LogP contribution in [0.2, 0.25) is 0 Å². The number of hydrogen-bond acceptors (Lipinski definition) is 6. The molecule has 0 amide bonds. The maximum absolute atomic E-state index is 14.9. The van der Waals surface area contributed by atoms with Crippen LogP contribution in [0.25, 0.3) is 11.0 Å². The smallest absolute Gasteiger partial charge is 0.236 e. The Bertz CT molecular complexity index is 1160. The number of H-pyrrole nitrogens is 2. The summed E-state index contributed by atoms with van der Waals surface area (Å²) in [5.74, 6) is 1.80. The van der Waals surface area contributed by atoms with Gasteiger partial charge < -0.3 is 0 Å². The molecule has 3 rings (SSSR count). The molecule has 0 saturated heterocycles. The molecule has 2 heterocycles. The first-order valence-corrected chi connectivity index (χ1v) is 9.81. The van der Waals surface area contributed by atoms with E-state index in [1.54, 1.807) is 6.92 Å². The van der Waals surface area contributed by atoms with Crippen molar-refractivity contribution < 1.29 is 27.0 Å². The zero-order valence-corrected chi connectivity index (χ0v) is 15.5. The molecule has 148 valence electrons. The van der Waals surface area contributed by atoms with Crippen LogP contribution in [0.15, 0.2) is 24.7 Å². The zero-order valence-electron chi connectivity index (χ0n) is 14.6. The Kier molecular flexibility index (Phi) is 5.25. The summed E-state index contributed by atoms with van der Waals surface area (Å²) in [5, 5.41) is 0.200. The first kappa shape index (κ1) is 19.6. The van der Waals surface area contributed by atoms with Crippen LogP contribution < -0.4 is 21.0 Å². The van der Waals surface area contributed by atoms with Crippen molar-refractivity contribution in [3.63, 3.8) is 0 Å². The number of aromatic amines is 2. The number of aromatic nitrogens is 3. The minimum absolute atomic E-state index is 0.0985. The molecule has 9 nitrogen and oxygen atoms in total. The number of halogens is 2. The van der Waals surface area contributed by atoms with Crippen LogP contribution in [-0.2, 0) is 10.0 Å². The molecule has 0 unspecified atom stereocenters. The zero-order chi connectivity index (χ0) is 20.5. The van der Waals surface area contributed by atoms with Gasteiger partial charge in [-0.25, -0.2) is 28.0 Å². The van der Waals surface area contributed by atoms with Gasteiger partial charge in [0.15, 0.2) is 5.82 Å². The average molecular weight is 411 g/mol. The fourth-order valence-electron chi connectivity index (χ4n) is 2.76. The number of hydrazine groups is 1. The normalized spacial score (nSPS) is 11.6. The number of anilines is 2. The van der Waals surface area contributed by atoms with Gasteiger partial charge in [-0.05, 0) is 18.6 Å². The number of hydrogen-bond donors (Lipinski definition) is 4. The number of carbonyl (C=O) groups excluding carboxylic acids is 1. The Labute approximate surface area is 158 Å². The van der Waals surface area contributed by atoms with Crippen molar-refractivity contribution in [2.75, 3.05) is 15.9 Å². The third-order valence-corrected chi connectivity index (χ3v) is 5.43. The molecule has 0 aliphatic heterocycles. The van der Waals surface area contributed by atoms with Gasteiger partial charge in [-0.1, -0.05) is 11.9 Å².